The number of allylic oxidation sites excluding steroid dienone is 1. The molecule has 0 atom stereocenters. The highest BCUT2D eigenvalue weighted by molar-refractivity contribution is 5.79. The van der Waals surface area contributed by atoms with E-state index in [9.17, 15) is 0 Å². The van der Waals surface area contributed by atoms with Crippen LogP contribution in [0.3, 0.4) is 0 Å². The van der Waals surface area contributed by atoms with E-state index in [-0.39, 0.29) is 0 Å². The van der Waals surface area contributed by atoms with Crippen molar-refractivity contribution in [2.45, 2.75) is 6.92 Å². The summed E-state index contributed by atoms with van der Waals surface area (Å²) in [6.45, 7) is 3.80. The van der Waals surface area contributed by atoms with Gasteiger partial charge in [0.2, 0.25) is 5.95 Å². The maximum Gasteiger partial charge on any atom is 0.227 e. The minimum absolute atomic E-state index is 0.471. The molecule has 0 saturated carbocycles. The van der Waals surface area contributed by atoms with E-state index >= 15 is 0 Å². The van der Waals surface area contributed by atoms with E-state index in [0.29, 0.717) is 23.1 Å². The van der Waals surface area contributed by atoms with Crippen LogP contribution in [-0.2, 0) is 0 Å². The summed E-state index contributed by atoms with van der Waals surface area (Å²) in [7, 11) is 9.79. The fourth-order valence-electron chi connectivity index (χ4n) is 3.51. The van der Waals surface area contributed by atoms with Crippen LogP contribution < -0.4 is 25.6 Å². The number of methoxy groups -OCH3 is 1. The van der Waals surface area contributed by atoms with Crippen molar-refractivity contribution in [1.29, 1.82) is 0 Å². The molecule has 3 N–H and O–H groups in total. The number of likely N-dealkylation sites (N-methyl/N-ethyl adjacent to an activating group) is 2. The van der Waals surface area contributed by atoms with Crippen molar-refractivity contribution < 1.29 is 4.74 Å². The maximum absolute atomic E-state index is 6.39. The zero-order valence-electron chi connectivity index (χ0n) is 20.9. The van der Waals surface area contributed by atoms with Crippen LogP contribution in [0.25, 0.3) is 5.57 Å². The molecule has 8 heteroatoms. The standard InChI is InChI=1S/C26H35N7O/c1-19(18-33(5)20-10-8-7-9-11-20)22-12-13-28-26(29-22)30-23-16-21(27)24(17-25(23)34-6)32(4)15-14-31(2)3/h7-13,16-18H,14-15,27H2,1-6H3,(H,28,29,30)/b19-18+. The van der Waals surface area contributed by atoms with Crippen LogP contribution in [0, 0.1) is 0 Å². The van der Waals surface area contributed by atoms with Gasteiger partial charge in [-0.2, -0.15) is 0 Å². The average Bonchev–Trinajstić information content (AvgIpc) is 2.83. The Labute approximate surface area is 202 Å². The predicted octanol–water partition coefficient (Wildman–Crippen LogP) is 4.31. The first-order valence-corrected chi connectivity index (χ1v) is 11.2. The SMILES string of the molecule is COc1cc(N(C)CCN(C)C)c(N)cc1Nc1nccc(/C(C)=C/N(C)c2ccccc2)n1. The van der Waals surface area contributed by atoms with E-state index in [2.05, 4.69) is 57.4 Å². The number of nitrogens with zero attached hydrogens (tertiary/aromatic N) is 5. The van der Waals surface area contributed by atoms with Crippen LogP contribution in [0.2, 0.25) is 0 Å². The number of rotatable bonds is 10. The van der Waals surface area contributed by atoms with Gasteiger partial charge < -0.3 is 30.5 Å². The second kappa shape index (κ2) is 11.4. The number of aromatic nitrogens is 2. The van der Waals surface area contributed by atoms with Crippen LogP contribution in [-0.4, -0.2) is 63.3 Å². The molecule has 0 radical (unpaired) electrons. The molecule has 0 bridgehead atoms. The van der Waals surface area contributed by atoms with Crippen molar-refractivity contribution in [2.24, 2.45) is 0 Å². The number of ether oxygens (including phenoxy) is 1. The van der Waals surface area contributed by atoms with Crippen LogP contribution >= 0.6 is 0 Å². The molecule has 0 amide bonds. The molecule has 8 nitrogen and oxygen atoms in total. The molecule has 0 fully saturated rings. The van der Waals surface area contributed by atoms with Crippen LogP contribution in [0.5, 0.6) is 5.75 Å². The second-order valence-electron chi connectivity index (χ2n) is 8.49. The summed E-state index contributed by atoms with van der Waals surface area (Å²) in [5, 5.41) is 3.27. The Balaban J connectivity index is 1.81. The van der Waals surface area contributed by atoms with Gasteiger partial charge in [0.25, 0.3) is 0 Å². The highest BCUT2D eigenvalue weighted by Crippen LogP contribution is 2.36. The van der Waals surface area contributed by atoms with E-state index in [1.807, 2.05) is 57.4 Å². The first-order chi connectivity index (χ1) is 16.3. The van der Waals surface area contributed by atoms with Gasteiger partial charge in [0.15, 0.2) is 0 Å². The summed E-state index contributed by atoms with van der Waals surface area (Å²) < 4.78 is 5.64. The van der Waals surface area contributed by atoms with Crippen molar-refractivity contribution in [3.63, 3.8) is 0 Å². The van der Waals surface area contributed by atoms with Crippen LogP contribution in [0.15, 0.2) is 60.9 Å². The fourth-order valence-corrected chi connectivity index (χ4v) is 3.51. The van der Waals surface area contributed by atoms with Gasteiger partial charge in [0, 0.05) is 51.3 Å². The van der Waals surface area contributed by atoms with Crippen molar-refractivity contribution in [1.82, 2.24) is 14.9 Å². The van der Waals surface area contributed by atoms with Gasteiger partial charge in [-0.3, -0.25) is 0 Å². The lowest BCUT2D eigenvalue weighted by atomic mass is 10.2. The molecule has 1 heterocycles. The summed E-state index contributed by atoms with van der Waals surface area (Å²) >= 11 is 0. The molecule has 0 aliphatic carbocycles. The third-order valence-electron chi connectivity index (χ3n) is 5.50. The number of anilines is 5. The molecular weight excluding hydrogens is 426 g/mol. The quantitative estimate of drug-likeness (QED) is 0.432. The van der Waals surface area contributed by atoms with E-state index in [0.717, 1.165) is 35.7 Å². The Hall–Kier alpha value is -3.78. The Bertz CT molecular complexity index is 1120. The smallest absolute Gasteiger partial charge is 0.227 e. The summed E-state index contributed by atoms with van der Waals surface area (Å²) in [5.41, 5.74) is 11.6. The van der Waals surface area contributed by atoms with Gasteiger partial charge in [-0.25, -0.2) is 9.97 Å². The van der Waals surface area contributed by atoms with Crippen molar-refractivity contribution in [3.05, 3.63) is 66.6 Å². The van der Waals surface area contributed by atoms with Crippen molar-refractivity contribution in [3.8, 4) is 5.75 Å². The van der Waals surface area contributed by atoms with E-state index in [4.69, 9.17) is 15.5 Å². The number of para-hydroxylation sites is 1. The van der Waals surface area contributed by atoms with Gasteiger partial charge in [-0.15, -0.1) is 0 Å². The van der Waals surface area contributed by atoms with Gasteiger partial charge >= 0.3 is 0 Å². The molecule has 0 aliphatic rings. The van der Waals surface area contributed by atoms with Crippen LogP contribution in [0.1, 0.15) is 12.6 Å². The molecule has 0 unspecified atom stereocenters. The maximum atomic E-state index is 6.39. The minimum Gasteiger partial charge on any atom is -0.494 e. The first-order valence-electron chi connectivity index (χ1n) is 11.2. The van der Waals surface area contributed by atoms with Gasteiger partial charge in [0.1, 0.15) is 5.75 Å². The number of nitrogen functional groups attached to an aromatic ring is 1. The number of nitrogens with two attached hydrogens (primary N) is 1. The zero-order chi connectivity index (χ0) is 24.7. The summed E-state index contributed by atoms with van der Waals surface area (Å²) in [6, 6.07) is 15.9. The molecule has 180 valence electrons. The molecule has 0 saturated heterocycles. The normalized spacial score (nSPS) is 11.4. The Morgan fingerprint density at radius 1 is 1.06 bits per heavy atom. The highest BCUT2D eigenvalue weighted by Gasteiger charge is 2.14. The van der Waals surface area contributed by atoms with E-state index < -0.39 is 0 Å². The molecule has 3 rings (SSSR count). The first kappa shape index (κ1) is 24.9. The number of hydrogen-bond donors (Lipinski definition) is 2. The fraction of sp³-hybridized carbons (Fsp3) is 0.308. The lowest BCUT2D eigenvalue weighted by Gasteiger charge is -2.24. The monoisotopic (exact) mass is 461 g/mol. The second-order valence-corrected chi connectivity index (χ2v) is 8.49. The summed E-state index contributed by atoms with van der Waals surface area (Å²) in [6.07, 6.45) is 3.79. The van der Waals surface area contributed by atoms with E-state index in [1.165, 1.54) is 0 Å². The molecule has 1 aromatic heterocycles. The lowest BCUT2D eigenvalue weighted by molar-refractivity contribution is 0.413. The average molecular weight is 462 g/mol. The summed E-state index contributed by atoms with van der Waals surface area (Å²) in [4.78, 5) is 15.4. The molecule has 3 aromatic rings. The third kappa shape index (κ3) is 6.39. The van der Waals surface area contributed by atoms with Crippen molar-refractivity contribution >= 4 is 34.3 Å². The Kier molecular flexibility index (Phi) is 8.32. The highest BCUT2D eigenvalue weighted by atomic mass is 16.5. The van der Waals surface area contributed by atoms with Gasteiger partial charge in [-0.1, -0.05) is 18.2 Å². The molecule has 34 heavy (non-hydrogen) atoms. The number of benzene rings is 2. The number of nitrogens with one attached hydrogen (secondary N) is 1. The minimum atomic E-state index is 0.471. The largest absolute Gasteiger partial charge is 0.494 e. The Morgan fingerprint density at radius 3 is 2.47 bits per heavy atom. The lowest BCUT2D eigenvalue weighted by Crippen LogP contribution is -2.29. The summed E-state index contributed by atoms with van der Waals surface area (Å²) in [5.74, 6) is 1.14. The number of hydrogen-bond acceptors (Lipinski definition) is 8. The van der Waals surface area contributed by atoms with Crippen molar-refractivity contribution in [2.75, 3.05) is 69.2 Å². The third-order valence-corrected chi connectivity index (χ3v) is 5.50. The molecule has 2 aromatic carbocycles. The zero-order valence-corrected chi connectivity index (χ0v) is 20.9. The van der Waals surface area contributed by atoms with Gasteiger partial charge in [0.05, 0.1) is 29.9 Å². The van der Waals surface area contributed by atoms with Gasteiger partial charge in [-0.05, 0) is 50.9 Å². The topological polar surface area (TPSA) is 82.8 Å². The van der Waals surface area contributed by atoms with Crippen LogP contribution in [0.4, 0.5) is 28.7 Å². The molecular formula is C26H35N7O. The molecule has 0 aliphatic heterocycles. The predicted molar refractivity (Wildman–Crippen MR) is 143 cm³/mol. The Morgan fingerprint density at radius 2 is 1.79 bits per heavy atom. The van der Waals surface area contributed by atoms with E-state index in [1.54, 1.807) is 13.3 Å². The molecule has 0 spiro atoms.